The van der Waals surface area contributed by atoms with Crippen LogP contribution in [0.3, 0.4) is 0 Å². The van der Waals surface area contributed by atoms with E-state index >= 15 is 0 Å². The van der Waals surface area contributed by atoms with Crippen LogP contribution in [0.5, 0.6) is 0 Å². The van der Waals surface area contributed by atoms with E-state index in [0.717, 1.165) is 47.8 Å². The first-order chi connectivity index (χ1) is 11.7. The Morgan fingerprint density at radius 2 is 2.17 bits per heavy atom. The number of nitrogens with zero attached hydrogens (tertiary/aromatic N) is 4. The standard InChI is InChI=1S/C18H20N4OS/c1-13-11-16(20-17-4-7-19-22(13)17)14-5-8-21(9-6-14)18(23)12-15-3-2-10-24-15/h2-4,7,10-11,14H,5-6,8-9,12H2,1H3. The monoisotopic (exact) mass is 340 g/mol. The van der Waals surface area contributed by atoms with Crippen LogP contribution in [0.1, 0.15) is 35.0 Å². The van der Waals surface area contributed by atoms with Gasteiger partial charge in [0.1, 0.15) is 0 Å². The number of likely N-dealkylation sites (tertiary alicyclic amines) is 1. The fraction of sp³-hybridized carbons (Fsp3) is 0.389. The Bertz CT molecular complexity index is 847. The Morgan fingerprint density at radius 3 is 2.92 bits per heavy atom. The molecule has 5 nitrogen and oxygen atoms in total. The van der Waals surface area contributed by atoms with Gasteiger partial charge in [-0.25, -0.2) is 9.50 Å². The third kappa shape index (κ3) is 2.94. The number of hydrogen-bond acceptors (Lipinski definition) is 4. The molecule has 124 valence electrons. The van der Waals surface area contributed by atoms with E-state index in [1.807, 2.05) is 33.0 Å². The lowest BCUT2D eigenvalue weighted by Gasteiger charge is -2.32. The van der Waals surface area contributed by atoms with Crippen molar-refractivity contribution < 1.29 is 4.79 Å². The summed E-state index contributed by atoms with van der Waals surface area (Å²) >= 11 is 1.65. The van der Waals surface area contributed by atoms with Crippen molar-refractivity contribution in [1.82, 2.24) is 19.5 Å². The zero-order valence-corrected chi connectivity index (χ0v) is 14.5. The van der Waals surface area contributed by atoms with Crippen LogP contribution in [0.15, 0.2) is 35.8 Å². The van der Waals surface area contributed by atoms with Crippen molar-refractivity contribution in [3.05, 3.63) is 52.1 Å². The number of fused-ring (bicyclic) bond motifs is 1. The highest BCUT2D eigenvalue weighted by Gasteiger charge is 2.25. The number of carbonyl (C=O) groups excluding carboxylic acids is 1. The molecule has 24 heavy (non-hydrogen) atoms. The van der Waals surface area contributed by atoms with Crippen molar-refractivity contribution >= 4 is 22.9 Å². The SMILES string of the molecule is Cc1cc(C2CCN(C(=O)Cc3cccs3)CC2)nc2ccnn12. The van der Waals surface area contributed by atoms with Gasteiger partial charge in [-0.15, -0.1) is 11.3 Å². The second-order valence-electron chi connectivity index (χ2n) is 6.33. The minimum atomic E-state index is 0.242. The first-order valence-electron chi connectivity index (χ1n) is 8.32. The van der Waals surface area contributed by atoms with Crippen LogP contribution in [0.4, 0.5) is 0 Å². The number of hydrogen-bond donors (Lipinski definition) is 0. The van der Waals surface area contributed by atoms with Gasteiger partial charge in [0, 0.05) is 41.3 Å². The van der Waals surface area contributed by atoms with Crippen LogP contribution < -0.4 is 0 Å². The van der Waals surface area contributed by atoms with Crippen LogP contribution in [0, 0.1) is 6.92 Å². The van der Waals surface area contributed by atoms with E-state index in [4.69, 9.17) is 4.98 Å². The molecule has 0 saturated carbocycles. The molecule has 4 rings (SSSR count). The maximum absolute atomic E-state index is 12.4. The quantitative estimate of drug-likeness (QED) is 0.736. The predicted octanol–water partition coefficient (Wildman–Crippen LogP) is 3.05. The third-order valence-corrected chi connectivity index (χ3v) is 5.61. The second kappa shape index (κ2) is 6.36. The topological polar surface area (TPSA) is 50.5 Å². The van der Waals surface area contributed by atoms with Gasteiger partial charge in [0.25, 0.3) is 0 Å². The van der Waals surface area contributed by atoms with E-state index < -0.39 is 0 Å². The summed E-state index contributed by atoms with van der Waals surface area (Å²) in [4.78, 5) is 20.3. The number of piperidine rings is 1. The molecule has 1 aliphatic heterocycles. The highest BCUT2D eigenvalue weighted by Crippen LogP contribution is 2.28. The Hall–Kier alpha value is -2.21. The number of aromatic nitrogens is 3. The summed E-state index contributed by atoms with van der Waals surface area (Å²) in [5, 5.41) is 6.30. The van der Waals surface area contributed by atoms with Gasteiger partial charge in [0.05, 0.1) is 12.6 Å². The molecule has 1 amide bonds. The average Bonchev–Trinajstić information content (AvgIpc) is 3.26. The molecular formula is C18H20N4OS. The maximum atomic E-state index is 12.4. The van der Waals surface area contributed by atoms with Crippen molar-refractivity contribution in [2.24, 2.45) is 0 Å². The molecule has 1 aliphatic rings. The fourth-order valence-electron chi connectivity index (χ4n) is 3.40. The summed E-state index contributed by atoms with van der Waals surface area (Å²) in [5.74, 6) is 0.667. The Balaban J connectivity index is 1.42. The van der Waals surface area contributed by atoms with E-state index in [1.165, 1.54) is 0 Å². The number of rotatable bonds is 3. The Labute approximate surface area is 144 Å². The molecule has 3 aromatic heterocycles. The van der Waals surface area contributed by atoms with Crippen molar-refractivity contribution in [3.63, 3.8) is 0 Å². The average molecular weight is 340 g/mol. The molecule has 0 radical (unpaired) electrons. The van der Waals surface area contributed by atoms with E-state index in [9.17, 15) is 4.79 Å². The molecule has 0 unspecified atom stereocenters. The first-order valence-corrected chi connectivity index (χ1v) is 9.20. The number of carbonyl (C=O) groups is 1. The molecular weight excluding hydrogens is 320 g/mol. The lowest BCUT2D eigenvalue weighted by Crippen LogP contribution is -2.38. The minimum absolute atomic E-state index is 0.242. The van der Waals surface area contributed by atoms with E-state index in [0.29, 0.717) is 12.3 Å². The van der Waals surface area contributed by atoms with Crippen LogP contribution >= 0.6 is 11.3 Å². The lowest BCUT2D eigenvalue weighted by atomic mass is 9.92. The first kappa shape index (κ1) is 15.3. The molecule has 0 atom stereocenters. The normalized spacial score (nSPS) is 16.0. The molecule has 0 aromatic carbocycles. The summed E-state index contributed by atoms with van der Waals surface area (Å²) in [6.07, 6.45) is 4.27. The molecule has 0 aliphatic carbocycles. The van der Waals surface area contributed by atoms with Gasteiger partial charge in [-0.3, -0.25) is 4.79 Å². The summed E-state index contributed by atoms with van der Waals surface area (Å²) < 4.78 is 1.86. The Morgan fingerprint density at radius 1 is 1.33 bits per heavy atom. The highest BCUT2D eigenvalue weighted by atomic mass is 32.1. The maximum Gasteiger partial charge on any atom is 0.227 e. The number of amides is 1. The van der Waals surface area contributed by atoms with Crippen molar-refractivity contribution in [2.75, 3.05) is 13.1 Å². The lowest BCUT2D eigenvalue weighted by molar-refractivity contribution is -0.131. The largest absolute Gasteiger partial charge is 0.342 e. The minimum Gasteiger partial charge on any atom is -0.342 e. The molecule has 0 bridgehead atoms. The third-order valence-electron chi connectivity index (χ3n) is 4.73. The molecule has 3 aromatic rings. The number of thiophene rings is 1. The molecule has 0 spiro atoms. The molecule has 4 heterocycles. The summed E-state index contributed by atoms with van der Waals surface area (Å²) in [5.41, 5.74) is 3.14. The smallest absolute Gasteiger partial charge is 0.227 e. The molecule has 6 heteroatoms. The van der Waals surface area contributed by atoms with Crippen LogP contribution in [0.25, 0.3) is 5.65 Å². The molecule has 0 N–H and O–H groups in total. The van der Waals surface area contributed by atoms with E-state index in [1.54, 1.807) is 17.5 Å². The molecule has 1 saturated heterocycles. The second-order valence-corrected chi connectivity index (χ2v) is 7.37. The van der Waals surface area contributed by atoms with Crippen LogP contribution in [-0.4, -0.2) is 38.5 Å². The van der Waals surface area contributed by atoms with Crippen molar-refractivity contribution in [3.8, 4) is 0 Å². The highest BCUT2D eigenvalue weighted by molar-refractivity contribution is 7.10. The van der Waals surface area contributed by atoms with Gasteiger partial charge < -0.3 is 4.90 Å². The van der Waals surface area contributed by atoms with Crippen LogP contribution in [-0.2, 0) is 11.2 Å². The van der Waals surface area contributed by atoms with Gasteiger partial charge in [0.2, 0.25) is 5.91 Å². The van der Waals surface area contributed by atoms with E-state index in [-0.39, 0.29) is 5.91 Å². The summed E-state index contributed by atoms with van der Waals surface area (Å²) in [6, 6.07) is 8.10. The van der Waals surface area contributed by atoms with E-state index in [2.05, 4.69) is 18.1 Å². The van der Waals surface area contributed by atoms with Gasteiger partial charge in [-0.2, -0.15) is 5.10 Å². The van der Waals surface area contributed by atoms with Gasteiger partial charge in [0.15, 0.2) is 5.65 Å². The van der Waals surface area contributed by atoms with Gasteiger partial charge in [-0.1, -0.05) is 6.07 Å². The number of aryl methyl sites for hydroxylation is 1. The zero-order chi connectivity index (χ0) is 16.5. The predicted molar refractivity (Wildman–Crippen MR) is 94.3 cm³/mol. The molecule has 1 fully saturated rings. The Kier molecular flexibility index (Phi) is 4.06. The van der Waals surface area contributed by atoms with Gasteiger partial charge >= 0.3 is 0 Å². The van der Waals surface area contributed by atoms with Crippen molar-refractivity contribution in [2.45, 2.75) is 32.1 Å². The summed E-state index contributed by atoms with van der Waals surface area (Å²) in [6.45, 7) is 3.70. The zero-order valence-electron chi connectivity index (χ0n) is 13.7. The van der Waals surface area contributed by atoms with Crippen molar-refractivity contribution in [1.29, 1.82) is 0 Å². The van der Waals surface area contributed by atoms with Crippen LogP contribution in [0.2, 0.25) is 0 Å². The fourth-order valence-corrected chi connectivity index (χ4v) is 4.10. The van der Waals surface area contributed by atoms with Gasteiger partial charge in [-0.05, 0) is 37.3 Å². The summed E-state index contributed by atoms with van der Waals surface area (Å²) in [7, 11) is 0.